The molecule has 2 aromatic rings. The van der Waals surface area contributed by atoms with Crippen LogP contribution in [0.15, 0.2) is 18.2 Å². The molecule has 2 N–H and O–H groups in total. The number of nitrogens with zero attached hydrogens (tertiary/aromatic N) is 3. The summed E-state index contributed by atoms with van der Waals surface area (Å²) in [7, 11) is 1.84. The van der Waals surface area contributed by atoms with Crippen molar-refractivity contribution in [2.75, 3.05) is 39.9 Å². The third-order valence-corrected chi connectivity index (χ3v) is 5.90. The summed E-state index contributed by atoms with van der Waals surface area (Å²) in [5.74, 6) is 0.0173. The van der Waals surface area contributed by atoms with Crippen LogP contribution in [0.2, 0.25) is 10.0 Å². The van der Waals surface area contributed by atoms with Gasteiger partial charge in [0.05, 0.1) is 19.8 Å². The molecule has 3 rings (SSSR count). The van der Waals surface area contributed by atoms with Gasteiger partial charge in [-0.15, -0.1) is 0 Å². The van der Waals surface area contributed by atoms with Crippen LogP contribution in [0.4, 0.5) is 0 Å². The second-order valence-corrected chi connectivity index (χ2v) is 8.37. The number of nitrogens with two attached hydrogens (primary N) is 1. The van der Waals surface area contributed by atoms with Crippen LogP contribution in [0.5, 0.6) is 0 Å². The van der Waals surface area contributed by atoms with Crippen molar-refractivity contribution in [3.63, 3.8) is 0 Å². The molecule has 0 aliphatic carbocycles. The Kier molecular flexibility index (Phi) is 8.02. The first-order valence-electron chi connectivity index (χ1n) is 10.0. The summed E-state index contributed by atoms with van der Waals surface area (Å²) >= 11 is 12.6. The Morgan fingerprint density at radius 1 is 1.29 bits per heavy atom. The van der Waals surface area contributed by atoms with E-state index in [2.05, 4.69) is 4.98 Å². The monoisotopic (exact) mass is 464 g/mol. The minimum atomic E-state index is 0.0173. The van der Waals surface area contributed by atoms with Crippen LogP contribution in [0, 0.1) is 6.92 Å². The van der Waals surface area contributed by atoms with E-state index in [1.807, 2.05) is 24.9 Å². The minimum Gasteiger partial charge on any atom is -0.378 e. The molecule has 1 aliphatic rings. The standard InChI is InChI=1S/C22H26Cl2N4O3/c1-14-17(10-25)22(16-4-3-15(23)9-19(16)24)18(20(13-29)26-14)11-27(2)12-21(30)28-5-7-31-8-6-28/h3-4,9,13H,5-8,10-12,25H2,1-2H3. The topological polar surface area (TPSA) is 88.8 Å². The highest BCUT2D eigenvalue weighted by Crippen LogP contribution is 2.37. The zero-order valence-corrected chi connectivity index (χ0v) is 19.2. The molecule has 7 nitrogen and oxygen atoms in total. The summed E-state index contributed by atoms with van der Waals surface area (Å²) in [4.78, 5) is 32.7. The third kappa shape index (κ3) is 5.42. The van der Waals surface area contributed by atoms with Crippen molar-refractivity contribution < 1.29 is 14.3 Å². The second-order valence-electron chi connectivity index (χ2n) is 7.53. The number of aromatic nitrogens is 1. The van der Waals surface area contributed by atoms with Gasteiger partial charge in [0.2, 0.25) is 5.91 Å². The summed E-state index contributed by atoms with van der Waals surface area (Å²) in [5, 5.41) is 0.970. The van der Waals surface area contributed by atoms with E-state index in [0.29, 0.717) is 59.8 Å². The van der Waals surface area contributed by atoms with E-state index >= 15 is 0 Å². The Morgan fingerprint density at radius 3 is 2.61 bits per heavy atom. The lowest BCUT2D eigenvalue weighted by Crippen LogP contribution is -2.45. The SMILES string of the molecule is Cc1nc(C=O)c(CN(C)CC(=O)N2CCOCC2)c(-c2ccc(Cl)cc2Cl)c1CN. The summed E-state index contributed by atoms with van der Waals surface area (Å²) in [6, 6.07) is 5.22. The predicted octanol–water partition coefficient (Wildman–Crippen LogP) is 2.93. The van der Waals surface area contributed by atoms with Crippen LogP contribution >= 0.6 is 23.2 Å². The third-order valence-electron chi connectivity index (χ3n) is 5.35. The number of morpholine rings is 1. The maximum Gasteiger partial charge on any atom is 0.236 e. The molecular weight excluding hydrogens is 439 g/mol. The minimum absolute atomic E-state index is 0.0173. The van der Waals surface area contributed by atoms with Crippen LogP contribution in [-0.4, -0.2) is 66.9 Å². The molecule has 1 fully saturated rings. The van der Waals surface area contributed by atoms with Crippen LogP contribution in [0.1, 0.15) is 27.3 Å². The van der Waals surface area contributed by atoms with Gasteiger partial charge in [-0.3, -0.25) is 14.5 Å². The van der Waals surface area contributed by atoms with Crippen LogP contribution < -0.4 is 5.73 Å². The van der Waals surface area contributed by atoms with Gasteiger partial charge in [0.1, 0.15) is 5.69 Å². The molecule has 0 unspecified atom stereocenters. The number of ether oxygens (including phenoxy) is 1. The summed E-state index contributed by atoms with van der Waals surface area (Å²) in [5.41, 5.74) is 10.0. The van der Waals surface area contributed by atoms with Gasteiger partial charge < -0.3 is 15.4 Å². The van der Waals surface area contributed by atoms with E-state index in [1.54, 1.807) is 17.0 Å². The van der Waals surface area contributed by atoms with Crippen molar-refractivity contribution in [2.45, 2.75) is 20.0 Å². The van der Waals surface area contributed by atoms with Crippen molar-refractivity contribution in [1.29, 1.82) is 0 Å². The van der Waals surface area contributed by atoms with Gasteiger partial charge in [-0.1, -0.05) is 29.3 Å². The van der Waals surface area contributed by atoms with Crippen LogP contribution in [-0.2, 0) is 22.6 Å². The molecule has 1 aromatic carbocycles. The number of carbonyl (C=O) groups excluding carboxylic acids is 2. The van der Waals surface area contributed by atoms with Gasteiger partial charge in [-0.25, -0.2) is 4.98 Å². The van der Waals surface area contributed by atoms with Gasteiger partial charge in [0.25, 0.3) is 0 Å². The van der Waals surface area contributed by atoms with E-state index in [4.69, 9.17) is 33.7 Å². The van der Waals surface area contributed by atoms with Crippen molar-refractivity contribution >= 4 is 35.4 Å². The van der Waals surface area contributed by atoms with Crippen LogP contribution in [0.3, 0.4) is 0 Å². The highest BCUT2D eigenvalue weighted by atomic mass is 35.5. The number of aldehydes is 1. The maximum absolute atomic E-state index is 12.7. The fourth-order valence-electron chi connectivity index (χ4n) is 3.80. The number of halogens is 2. The molecule has 1 aliphatic heterocycles. The number of carbonyl (C=O) groups is 2. The van der Waals surface area contributed by atoms with Crippen molar-refractivity contribution in [3.05, 3.63) is 50.8 Å². The lowest BCUT2D eigenvalue weighted by Gasteiger charge is -2.29. The van der Waals surface area contributed by atoms with Gasteiger partial charge >= 0.3 is 0 Å². The number of amides is 1. The fraction of sp³-hybridized carbons (Fsp3) is 0.409. The molecule has 9 heteroatoms. The molecule has 0 saturated carbocycles. The molecule has 1 aromatic heterocycles. The summed E-state index contributed by atoms with van der Waals surface area (Å²) in [6.45, 7) is 4.85. The van der Waals surface area contributed by atoms with Gasteiger partial charge in [0, 0.05) is 53.0 Å². The number of benzene rings is 1. The Labute approximate surface area is 192 Å². The second kappa shape index (κ2) is 10.5. The van der Waals surface area contributed by atoms with E-state index in [9.17, 15) is 9.59 Å². The predicted molar refractivity (Wildman–Crippen MR) is 121 cm³/mol. The first kappa shape index (κ1) is 23.6. The first-order valence-corrected chi connectivity index (χ1v) is 10.8. The molecule has 0 atom stereocenters. The van der Waals surface area contributed by atoms with Gasteiger partial charge in [-0.2, -0.15) is 0 Å². The van der Waals surface area contributed by atoms with E-state index in [1.165, 1.54) is 0 Å². The molecule has 2 heterocycles. The summed E-state index contributed by atoms with van der Waals surface area (Å²) < 4.78 is 5.31. The molecule has 1 amide bonds. The Hall–Kier alpha value is -2.03. The average Bonchev–Trinajstić information content (AvgIpc) is 2.75. The molecule has 31 heavy (non-hydrogen) atoms. The van der Waals surface area contributed by atoms with Gasteiger partial charge in [-0.05, 0) is 37.2 Å². The zero-order valence-electron chi connectivity index (χ0n) is 17.7. The molecule has 0 spiro atoms. The highest BCUT2D eigenvalue weighted by molar-refractivity contribution is 6.36. The normalized spacial score (nSPS) is 14.2. The van der Waals surface area contributed by atoms with Crippen molar-refractivity contribution in [2.24, 2.45) is 5.73 Å². The van der Waals surface area contributed by atoms with Gasteiger partial charge in [0.15, 0.2) is 6.29 Å². The highest BCUT2D eigenvalue weighted by Gasteiger charge is 2.23. The lowest BCUT2D eigenvalue weighted by molar-refractivity contribution is -0.136. The molecule has 1 saturated heterocycles. The lowest BCUT2D eigenvalue weighted by atomic mass is 9.92. The number of rotatable bonds is 7. The number of hydrogen-bond acceptors (Lipinski definition) is 6. The number of hydrogen-bond donors (Lipinski definition) is 1. The van der Waals surface area contributed by atoms with Crippen LogP contribution in [0.25, 0.3) is 11.1 Å². The smallest absolute Gasteiger partial charge is 0.236 e. The first-order chi connectivity index (χ1) is 14.8. The Morgan fingerprint density at radius 2 is 2.00 bits per heavy atom. The van der Waals surface area contributed by atoms with Crippen molar-refractivity contribution in [3.8, 4) is 11.1 Å². The number of likely N-dealkylation sites (N-methyl/N-ethyl adjacent to an activating group) is 1. The zero-order chi connectivity index (χ0) is 22.5. The molecular formula is C22H26Cl2N4O3. The number of pyridine rings is 1. The molecule has 0 bridgehead atoms. The van der Waals surface area contributed by atoms with E-state index in [0.717, 1.165) is 23.0 Å². The number of aryl methyl sites for hydroxylation is 1. The molecule has 166 valence electrons. The quantitative estimate of drug-likeness (QED) is 0.633. The Bertz CT molecular complexity index is 978. The maximum atomic E-state index is 12.7. The average molecular weight is 465 g/mol. The van der Waals surface area contributed by atoms with E-state index < -0.39 is 0 Å². The fourth-order valence-corrected chi connectivity index (χ4v) is 4.30. The largest absolute Gasteiger partial charge is 0.378 e. The summed E-state index contributed by atoms with van der Waals surface area (Å²) in [6.07, 6.45) is 0.730. The van der Waals surface area contributed by atoms with Crippen molar-refractivity contribution in [1.82, 2.24) is 14.8 Å². The Balaban J connectivity index is 1.99. The molecule has 0 radical (unpaired) electrons. The van der Waals surface area contributed by atoms with E-state index in [-0.39, 0.29) is 19.0 Å².